The van der Waals surface area contributed by atoms with Crippen LogP contribution in [0.5, 0.6) is 0 Å². The van der Waals surface area contributed by atoms with Crippen molar-refractivity contribution in [1.82, 2.24) is 62.1 Å². The molecule has 0 aliphatic heterocycles. The van der Waals surface area contributed by atoms with Crippen molar-refractivity contribution in [3.8, 4) is 0 Å². The smallest absolute Gasteiger partial charge is 0.430 e. The van der Waals surface area contributed by atoms with Crippen LogP contribution in [0, 0.1) is 0 Å². The van der Waals surface area contributed by atoms with Crippen LogP contribution in [0.2, 0.25) is 0 Å². The SMILES string of the molecule is CNC(=O)c1cc(NC(=O)c2cc(NC(=O)c3cc(NC(=O)c4nccn4CCCn4cc(NC(=O)c5cc(NC(=O)c6nc(NC(=O)c7nccn7C)cn6C)cn5CCC[NH3+])cc4C(=O)NC)cn3C)cn2C)cn1C.O=C([O-])C(F)(F)F. The van der Waals surface area contributed by atoms with Crippen molar-refractivity contribution < 1.29 is 67.2 Å². The monoisotopic (exact) mass is 1180 g/mol. The van der Waals surface area contributed by atoms with Crippen LogP contribution in [0.4, 0.5) is 47.4 Å². The van der Waals surface area contributed by atoms with E-state index in [0.29, 0.717) is 73.2 Å². The number of quaternary nitrogens is 1. The number of anilines is 6. The average molecular weight is 1180 g/mol. The molecule has 8 heterocycles. The number of nitrogens with one attached hydrogen (secondary N) is 8. The maximum atomic E-state index is 13.9. The third-order valence-electron chi connectivity index (χ3n) is 12.7. The van der Waals surface area contributed by atoms with E-state index in [1.807, 2.05) is 0 Å². The maximum Gasteiger partial charge on any atom is 0.430 e. The summed E-state index contributed by atoms with van der Waals surface area (Å²) >= 11 is 0. The second kappa shape index (κ2) is 26.3. The van der Waals surface area contributed by atoms with E-state index in [4.69, 9.17) is 9.90 Å². The van der Waals surface area contributed by atoms with E-state index in [2.05, 4.69) is 63.2 Å². The highest BCUT2D eigenvalue weighted by Gasteiger charge is 2.29. The van der Waals surface area contributed by atoms with Gasteiger partial charge in [-0.05, 0) is 36.8 Å². The molecule has 0 unspecified atom stereocenters. The first-order chi connectivity index (χ1) is 40.3. The van der Waals surface area contributed by atoms with Crippen LogP contribution < -0.4 is 53.4 Å². The van der Waals surface area contributed by atoms with E-state index >= 15 is 0 Å². The number of halogens is 3. The Hall–Kier alpha value is -11.0. The van der Waals surface area contributed by atoms with Gasteiger partial charge in [-0.1, -0.05) is 0 Å². The van der Waals surface area contributed by atoms with Crippen molar-refractivity contribution in [3.05, 3.63) is 138 Å². The number of aromatic nitrogens is 11. The van der Waals surface area contributed by atoms with Gasteiger partial charge in [-0.15, -0.1) is 0 Å². The van der Waals surface area contributed by atoms with Gasteiger partial charge in [-0.3, -0.25) is 38.4 Å². The molecule has 0 spiro atoms. The Morgan fingerprint density at radius 2 is 0.835 bits per heavy atom. The van der Waals surface area contributed by atoms with Crippen molar-refractivity contribution >= 4 is 87.5 Å². The van der Waals surface area contributed by atoms with Gasteiger partial charge in [0, 0.05) is 137 Å². The number of aryl methyl sites for hydroxylation is 8. The van der Waals surface area contributed by atoms with Crippen LogP contribution in [-0.4, -0.2) is 132 Å². The zero-order chi connectivity index (χ0) is 62.0. The van der Waals surface area contributed by atoms with Crippen LogP contribution in [0.3, 0.4) is 0 Å². The third-order valence-corrected chi connectivity index (χ3v) is 12.7. The minimum Gasteiger partial charge on any atom is -0.542 e. The summed E-state index contributed by atoms with van der Waals surface area (Å²) in [7, 11) is 11.3. The molecule has 11 N–H and O–H groups in total. The molecule has 0 bridgehead atoms. The highest BCUT2D eigenvalue weighted by atomic mass is 19.4. The Labute approximate surface area is 480 Å². The molecule has 0 atom stereocenters. The first-order valence-electron chi connectivity index (χ1n) is 25.6. The van der Waals surface area contributed by atoms with E-state index in [9.17, 15) is 51.5 Å². The number of carbonyl (C=O) groups excluding carboxylic acids is 9. The maximum absolute atomic E-state index is 13.9. The van der Waals surface area contributed by atoms with Crippen molar-refractivity contribution in [2.45, 2.75) is 38.7 Å². The molecule has 0 aliphatic carbocycles. The second-order valence-electron chi connectivity index (χ2n) is 18.9. The Morgan fingerprint density at radius 3 is 1.31 bits per heavy atom. The highest BCUT2D eigenvalue weighted by molar-refractivity contribution is 6.09. The number of imidazole rings is 3. The molecule has 85 heavy (non-hydrogen) atoms. The molecule has 30 nitrogen and oxygen atoms in total. The molecule has 448 valence electrons. The lowest BCUT2D eigenvalue weighted by Crippen LogP contribution is -2.50. The van der Waals surface area contributed by atoms with E-state index in [1.165, 1.54) is 55.5 Å². The fourth-order valence-electron chi connectivity index (χ4n) is 8.59. The summed E-state index contributed by atoms with van der Waals surface area (Å²) in [5, 5.41) is 30.7. The van der Waals surface area contributed by atoms with Gasteiger partial charge in [0.15, 0.2) is 17.5 Å². The number of hydrogen-bond acceptors (Lipinski definition) is 13. The van der Waals surface area contributed by atoms with Gasteiger partial charge in [0.05, 0.1) is 35.0 Å². The second-order valence-corrected chi connectivity index (χ2v) is 18.9. The first kappa shape index (κ1) is 61.6. The lowest BCUT2D eigenvalue weighted by Gasteiger charge is -2.10. The van der Waals surface area contributed by atoms with Crippen molar-refractivity contribution in [2.24, 2.45) is 35.2 Å². The van der Waals surface area contributed by atoms with Crippen LogP contribution in [0.1, 0.15) is 97.1 Å². The third kappa shape index (κ3) is 14.9. The number of carboxylic acids is 1. The summed E-state index contributed by atoms with van der Waals surface area (Å²) in [6, 6.07) is 7.64. The fraction of sp³-hybridized carbons (Fsp3) is 0.269. The normalized spacial score (nSPS) is 11.0. The first-order valence-corrected chi connectivity index (χ1v) is 25.6. The Bertz CT molecular complexity index is 3840. The summed E-state index contributed by atoms with van der Waals surface area (Å²) in [6.45, 7) is 1.61. The summed E-state index contributed by atoms with van der Waals surface area (Å²) in [6.07, 6.45) is 11.6. The Balaban J connectivity index is 0.00000139. The summed E-state index contributed by atoms with van der Waals surface area (Å²) in [5.41, 5.74) is 6.97. The molecular formula is C52H59F3N20O10. The van der Waals surface area contributed by atoms with E-state index in [0.717, 1.165) is 0 Å². The number of carboxylic acid groups (broad SMARTS) is 1. The molecule has 8 aromatic heterocycles. The zero-order valence-electron chi connectivity index (χ0n) is 46.7. The fourth-order valence-corrected chi connectivity index (χ4v) is 8.59. The van der Waals surface area contributed by atoms with E-state index in [-0.39, 0.29) is 52.0 Å². The number of alkyl halides is 3. The number of carbonyl (C=O) groups is 9. The van der Waals surface area contributed by atoms with Gasteiger partial charge >= 0.3 is 6.18 Å². The Kier molecular flexibility index (Phi) is 19.1. The molecule has 8 amide bonds. The average Bonchev–Trinajstić information content (AvgIpc) is 3.51. The molecular weight excluding hydrogens is 1120 g/mol. The topological polar surface area (TPSA) is 379 Å². The number of rotatable bonds is 21. The molecule has 33 heteroatoms. The van der Waals surface area contributed by atoms with Gasteiger partial charge in [0.1, 0.15) is 34.4 Å². The molecule has 0 aliphatic rings. The summed E-state index contributed by atoms with van der Waals surface area (Å²) < 4.78 is 44.3. The number of nitrogens with zero attached hydrogens (tertiary/aromatic N) is 11. The Morgan fingerprint density at radius 1 is 0.459 bits per heavy atom. The standard InChI is InChI=1S/C50H58N20O8.C2HF3O2/c1-52-43(71)34-18-29(23-64(34)4)56-45(73)35-19-30(24-65(35)5)57-46(74)36-20-31(25-66(36)6)59-49(77)41-55-12-17-68(41)14-9-15-70-26-32(21-37(70)44(72)53-2)58-47(75)38-22-33(27-69(38)13-8-10-51)60-50(78)42-61-39(28-67(42)7)62-48(76)40-54-11-16-63(40)3;3-2(4,5)1(6)7/h11-12,16-28H,8-10,13-15,51H2,1-7H3,(H,52,71)(H,53,72)(H,56,73)(H,57,74)(H,58,75)(H,59,77)(H,60,78)(H,62,76);(H,6,7). The summed E-state index contributed by atoms with van der Waals surface area (Å²) in [4.78, 5) is 127. The molecule has 8 rings (SSSR count). The van der Waals surface area contributed by atoms with Gasteiger partial charge < -0.3 is 94.7 Å². The molecule has 0 saturated heterocycles. The van der Waals surface area contributed by atoms with Crippen molar-refractivity contribution in [2.75, 3.05) is 52.5 Å². The zero-order valence-corrected chi connectivity index (χ0v) is 46.7. The van der Waals surface area contributed by atoms with Crippen molar-refractivity contribution in [3.63, 3.8) is 0 Å². The number of aliphatic carboxylic acids is 1. The van der Waals surface area contributed by atoms with E-state index < -0.39 is 53.5 Å². The van der Waals surface area contributed by atoms with Gasteiger partial charge in [-0.25, -0.2) is 15.0 Å². The van der Waals surface area contributed by atoms with Crippen LogP contribution in [0.25, 0.3) is 0 Å². The molecule has 0 fully saturated rings. The largest absolute Gasteiger partial charge is 0.542 e. The van der Waals surface area contributed by atoms with E-state index in [1.54, 1.807) is 123 Å². The number of amides is 8. The minimum atomic E-state index is -5.19. The lowest BCUT2D eigenvalue weighted by molar-refractivity contribution is -0.368. The van der Waals surface area contributed by atoms with Crippen molar-refractivity contribution in [1.29, 1.82) is 0 Å². The predicted octanol–water partition coefficient (Wildman–Crippen LogP) is 1.22. The molecule has 8 aromatic rings. The predicted molar refractivity (Wildman–Crippen MR) is 296 cm³/mol. The molecule has 0 saturated carbocycles. The quantitative estimate of drug-likeness (QED) is 0.0490. The minimum absolute atomic E-state index is 0.000896. The van der Waals surface area contributed by atoms with Crippen LogP contribution >= 0.6 is 0 Å². The summed E-state index contributed by atoms with van der Waals surface area (Å²) in [5.74, 6) is -6.40. The van der Waals surface area contributed by atoms with Gasteiger partial charge in [0.25, 0.3) is 47.3 Å². The van der Waals surface area contributed by atoms with Crippen LogP contribution in [0.15, 0.2) is 92.3 Å². The molecule has 0 aromatic carbocycles. The highest BCUT2D eigenvalue weighted by Crippen LogP contribution is 2.23. The molecule has 0 radical (unpaired) electrons. The lowest BCUT2D eigenvalue weighted by atomic mass is 10.3. The number of hydrogen-bond donors (Lipinski definition) is 9. The van der Waals surface area contributed by atoms with Crippen LogP contribution in [-0.2, 0) is 59.7 Å². The van der Waals surface area contributed by atoms with Gasteiger partial charge in [-0.2, -0.15) is 13.2 Å². The van der Waals surface area contributed by atoms with Gasteiger partial charge in [0.2, 0.25) is 5.82 Å².